The molecule has 0 heterocycles. The van der Waals surface area contributed by atoms with E-state index >= 15 is 0 Å². The van der Waals surface area contributed by atoms with Crippen molar-refractivity contribution >= 4 is 12.2 Å². The fraction of sp³-hybridized carbons (Fsp3) is 0.200. The molecule has 0 rings (SSSR count). The number of nitrogens with one attached hydrogen (secondary N) is 1. The molecular weight excluding hydrogens is 120 g/mol. The van der Waals surface area contributed by atoms with Crippen molar-refractivity contribution in [2.75, 3.05) is 7.05 Å². The zero-order valence-electron chi connectivity index (χ0n) is 5.09. The van der Waals surface area contributed by atoms with Gasteiger partial charge in [-0.25, -0.2) is 4.79 Å². The van der Waals surface area contributed by atoms with Crippen LogP contribution in [0.5, 0.6) is 0 Å². The Bertz CT molecular complexity index is 160. The first-order valence-corrected chi connectivity index (χ1v) is 2.38. The third-order valence-corrected chi connectivity index (χ3v) is 0.726. The average molecular weight is 129 g/mol. The lowest BCUT2D eigenvalue weighted by Crippen LogP contribution is -2.63. The van der Waals surface area contributed by atoms with Gasteiger partial charge in [0.15, 0.2) is 6.21 Å². The molecule has 0 aromatic heterocycles. The lowest BCUT2D eigenvalue weighted by Gasteiger charge is -1.83. The van der Waals surface area contributed by atoms with E-state index in [2.05, 4.69) is 4.99 Å². The van der Waals surface area contributed by atoms with E-state index in [4.69, 9.17) is 10.8 Å². The number of hydrogen-bond donors (Lipinski definition) is 3. The number of aliphatic carboxylic acids is 1. The topological polar surface area (TPSA) is 77.3 Å². The lowest BCUT2D eigenvalue weighted by atomic mass is 10.3. The molecule has 0 fully saturated rings. The highest BCUT2D eigenvalue weighted by Gasteiger charge is 2.03. The predicted molar refractivity (Wildman–Crippen MR) is 32.9 cm³/mol. The maximum atomic E-state index is 10.1. The van der Waals surface area contributed by atoms with Crippen LogP contribution >= 0.6 is 0 Å². The van der Waals surface area contributed by atoms with E-state index in [1.54, 1.807) is 7.05 Å². The Hall–Kier alpha value is -1.32. The summed E-state index contributed by atoms with van der Waals surface area (Å²) in [6, 6.07) is 0. The van der Waals surface area contributed by atoms with Crippen molar-refractivity contribution in [3.63, 3.8) is 0 Å². The molecule has 0 aromatic carbocycles. The number of carboxylic acid groups (broad SMARTS) is 1. The molecule has 0 spiro atoms. The van der Waals surface area contributed by atoms with E-state index in [1.807, 2.05) is 0 Å². The average Bonchev–Trinajstić information content (AvgIpc) is 1.82. The van der Waals surface area contributed by atoms with Crippen LogP contribution in [0.25, 0.3) is 0 Å². The van der Waals surface area contributed by atoms with Crippen LogP contribution in [0.4, 0.5) is 0 Å². The van der Waals surface area contributed by atoms with Gasteiger partial charge in [0.25, 0.3) is 0 Å². The summed E-state index contributed by atoms with van der Waals surface area (Å²) in [5, 5.41) is 8.28. The van der Waals surface area contributed by atoms with Crippen molar-refractivity contribution < 1.29 is 14.9 Å². The summed E-state index contributed by atoms with van der Waals surface area (Å²) in [5.74, 6) is -1.04. The Morgan fingerprint density at radius 1 is 1.78 bits per heavy atom. The van der Waals surface area contributed by atoms with E-state index < -0.39 is 5.97 Å². The molecule has 0 amide bonds. The lowest BCUT2D eigenvalue weighted by molar-refractivity contribution is -0.413. The van der Waals surface area contributed by atoms with E-state index in [9.17, 15) is 4.79 Å². The molecule has 0 radical (unpaired) electrons. The van der Waals surface area contributed by atoms with Crippen LogP contribution in [-0.2, 0) is 4.79 Å². The third kappa shape index (κ3) is 2.48. The zero-order chi connectivity index (χ0) is 7.28. The van der Waals surface area contributed by atoms with E-state index in [-0.39, 0.29) is 5.57 Å². The van der Waals surface area contributed by atoms with Crippen molar-refractivity contribution in [1.29, 1.82) is 0 Å². The second-order valence-corrected chi connectivity index (χ2v) is 1.36. The van der Waals surface area contributed by atoms with Gasteiger partial charge in [-0.1, -0.05) is 0 Å². The first kappa shape index (κ1) is 7.68. The van der Waals surface area contributed by atoms with Crippen LogP contribution in [0, 0.1) is 0 Å². The molecule has 0 unspecified atom stereocenters. The Labute approximate surface area is 52.7 Å². The number of carboxylic acids is 1. The van der Waals surface area contributed by atoms with Crippen LogP contribution in [0.15, 0.2) is 11.8 Å². The number of hydrogen-bond acceptors (Lipinski definition) is 2. The quantitative estimate of drug-likeness (QED) is 0.290. The van der Waals surface area contributed by atoms with Gasteiger partial charge in [0, 0.05) is 6.20 Å². The van der Waals surface area contributed by atoms with E-state index in [1.165, 1.54) is 6.21 Å². The summed E-state index contributed by atoms with van der Waals surface area (Å²) < 4.78 is 0. The van der Waals surface area contributed by atoms with E-state index in [0.717, 1.165) is 6.20 Å². The normalized spacial score (nSPS) is 12.3. The van der Waals surface area contributed by atoms with Crippen molar-refractivity contribution in [3.05, 3.63) is 11.8 Å². The maximum Gasteiger partial charge on any atom is 0.343 e. The summed E-state index contributed by atoms with van der Waals surface area (Å²) in [5.41, 5.74) is 5.00. The van der Waals surface area contributed by atoms with Gasteiger partial charge < -0.3 is 10.8 Å². The Morgan fingerprint density at radius 3 is 2.44 bits per heavy atom. The van der Waals surface area contributed by atoms with Gasteiger partial charge in [0.1, 0.15) is 12.6 Å². The third-order valence-electron chi connectivity index (χ3n) is 0.726. The smallest absolute Gasteiger partial charge is 0.343 e. The molecule has 0 aliphatic rings. The molecule has 0 bridgehead atoms. The van der Waals surface area contributed by atoms with Gasteiger partial charge in [-0.3, -0.25) is 4.99 Å². The number of rotatable bonds is 2. The minimum atomic E-state index is -1.04. The monoisotopic (exact) mass is 129 g/mol. The highest BCUT2D eigenvalue weighted by Crippen LogP contribution is 1.81. The van der Waals surface area contributed by atoms with Gasteiger partial charge >= 0.3 is 5.97 Å². The minimum Gasteiger partial charge on any atom is -0.477 e. The Kier molecular flexibility index (Phi) is 3.12. The van der Waals surface area contributed by atoms with E-state index in [0.29, 0.717) is 0 Å². The second kappa shape index (κ2) is 3.65. The van der Waals surface area contributed by atoms with Gasteiger partial charge in [-0.2, -0.15) is 0 Å². The minimum absolute atomic E-state index is 0.0532. The number of carbonyl (C=O) groups is 1. The highest BCUT2D eigenvalue weighted by atomic mass is 16.4. The summed E-state index contributed by atoms with van der Waals surface area (Å²) in [6.07, 6.45) is 2.33. The molecule has 0 aliphatic heterocycles. The summed E-state index contributed by atoms with van der Waals surface area (Å²) in [4.78, 5) is 12.6. The highest BCUT2D eigenvalue weighted by molar-refractivity contribution is 6.06. The van der Waals surface area contributed by atoms with Crippen molar-refractivity contribution in [2.45, 2.75) is 0 Å². The summed E-state index contributed by atoms with van der Waals surface area (Å²) in [6.45, 7) is 0. The van der Waals surface area contributed by atoms with Crippen LogP contribution in [0.1, 0.15) is 0 Å². The molecule has 50 valence electrons. The summed E-state index contributed by atoms with van der Waals surface area (Å²) in [7, 11) is 1.60. The van der Waals surface area contributed by atoms with Crippen molar-refractivity contribution in [1.82, 2.24) is 0 Å². The molecular formula is C5H9N2O2+. The van der Waals surface area contributed by atoms with Crippen LogP contribution in [0.3, 0.4) is 0 Å². The predicted octanol–water partition coefficient (Wildman–Crippen LogP) is -2.31. The van der Waals surface area contributed by atoms with Crippen LogP contribution in [0.2, 0.25) is 0 Å². The maximum absolute atomic E-state index is 10.1. The Balaban J connectivity index is 4.19. The fourth-order valence-electron chi connectivity index (χ4n) is 0.337. The molecule has 0 saturated carbocycles. The fourth-order valence-corrected chi connectivity index (χ4v) is 0.337. The van der Waals surface area contributed by atoms with Crippen molar-refractivity contribution in [2.24, 2.45) is 5.73 Å². The van der Waals surface area contributed by atoms with Gasteiger partial charge in [0.05, 0.1) is 0 Å². The molecule has 0 aromatic rings. The van der Waals surface area contributed by atoms with Gasteiger partial charge in [0.2, 0.25) is 0 Å². The standard InChI is InChI=1S/C5H8N2O2/c1-7-3-4(2-6)5(8)9/h2-3H,6H2,1H3,(H,8,9)/p+1. The van der Waals surface area contributed by atoms with Gasteiger partial charge in [-0.05, 0) is 0 Å². The molecule has 9 heavy (non-hydrogen) atoms. The zero-order valence-corrected chi connectivity index (χ0v) is 5.09. The largest absolute Gasteiger partial charge is 0.477 e. The van der Waals surface area contributed by atoms with Crippen LogP contribution < -0.4 is 10.7 Å². The van der Waals surface area contributed by atoms with Gasteiger partial charge in [-0.15, -0.1) is 0 Å². The number of nitrogens with two attached hydrogens (primary N) is 1. The van der Waals surface area contributed by atoms with Crippen LogP contribution in [-0.4, -0.2) is 24.3 Å². The molecule has 0 aliphatic carbocycles. The first-order chi connectivity index (χ1) is 4.22. The first-order valence-electron chi connectivity index (χ1n) is 2.38. The molecule has 0 saturated heterocycles. The second-order valence-electron chi connectivity index (χ2n) is 1.36. The van der Waals surface area contributed by atoms with Crippen molar-refractivity contribution in [3.8, 4) is 0 Å². The molecule has 0 atom stereocenters. The Morgan fingerprint density at radius 2 is 2.33 bits per heavy atom. The molecule has 4 nitrogen and oxygen atoms in total. The molecule has 4 heteroatoms. The summed E-state index contributed by atoms with van der Waals surface area (Å²) >= 11 is 0. The molecule has 4 N–H and O–H groups in total. The SMILES string of the molecule is C[NH+]=CC(=CN)C(=O)O.